The molecule has 0 aromatic rings. The minimum atomic E-state index is 0.103. The summed E-state index contributed by atoms with van der Waals surface area (Å²) in [6.45, 7) is 8.81. The molecule has 0 radical (unpaired) electrons. The Morgan fingerprint density at radius 2 is 2.00 bits per heavy atom. The minimum absolute atomic E-state index is 0.103. The largest absolute Gasteiger partial charge is 0.409 e. The summed E-state index contributed by atoms with van der Waals surface area (Å²) in [6, 6.07) is 0.103. The van der Waals surface area contributed by atoms with Crippen LogP contribution in [-0.2, 0) is 0 Å². The molecule has 1 saturated heterocycles. The predicted octanol–water partition coefficient (Wildman–Crippen LogP) is 2.02. The Morgan fingerprint density at radius 3 is 2.38 bits per heavy atom. The number of hydrogen-bond donors (Lipinski definition) is 2. The average Bonchev–Trinajstić information content (AvgIpc) is 2.32. The summed E-state index contributed by atoms with van der Waals surface area (Å²) in [7, 11) is 0. The minimum Gasteiger partial charge on any atom is -0.409 e. The normalized spacial score (nSPS) is 24.3. The quantitative estimate of drug-likeness (QED) is 0.334. The molecule has 1 aliphatic rings. The van der Waals surface area contributed by atoms with Gasteiger partial charge in [-0.1, -0.05) is 32.3 Å². The van der Waals surface area contributed by atoms with E-state index in [1.54, 1.807) is 0 Å². The van der Waals surface area contributed by atoms with Gasteiger partial charge in [0, 0.05) is 0 Å². The van der Waals surface area contributed by atoms with Gasteiger partial charge in [-0.2, -0.15) is 0 Å². The fourth-order valence-corrected chi connectivity index (χ4v) is 2.45. The zero-order valence-corrected chi connectivity index (χ0v) is 10.7. The summed E-state index contributed by atoms with van der Waals surface area (Å²) in [6.07, 6.45) is 4.55. The molecule has 4 nitrogen and oxygen atoms in total. The molecule has 0 saturated carbocycles. The molecule has 1 aliphatic heterocycles. The van der Waals surface area contributed by atoms with Crippen molar-refractivity contribution in [2.75, 3.05) is 13.1 Å². The molecule has 1 atom stereocenters. The number of hydrogen-bond acceptors (Lipinski definition) is 3. The third-order valence-corrected chi connectivity index (χ3v) is 4.14. The first-order valence-electron chi connectivity index (χ1n) is 6.27. The molecular weight excluding hydrogens is 202 g/mol. The Kier molecular flexibility index (Phi) is 4.59. The molecule has 4 heteroatoms. The van der Waals surface area contributed by atoms with E-state index in [4.69, 9.17) is 10.9 Å². The first-order chi connectivity index (χ1) is 7.56. The summed E-state index contributed by atoms with van der Waals surface area (Å²) in [4.78, 5) is 2.34. The van der Waals surface area contributed by atoms with E-state index in [1.165, 1.54) is 19.3 Å². The maximum atomic E-state index is 8.75. The summed E-state index contributed by atoms with van der Waals surface area (Å²) in [5, 5.41) is 11.9. The lowest BCUT2D eigenvalue weighted by atomic mass is 9.78. The van der Waals surface area contributed by atoms with E-state index >= 15 is 0 Å². The van der Waals surface area contributed by atoms with E-state index in [2.05, 4.69) is 30.8 Å². The van der Waals surface area contributed by atoms with Crippen LogP contribution in [0.25, 0.3) is 0 Å². The highest BCUT2D eigenvalue weighted by Crippen LogP contribution is 2.34. The van der Waals surface area contributed by atoms with Gasteiger partial charge in [0.15, 0.2) is 5.84 Å². The molecule has 0 aromatic heterocycles. The lowest BCUT2D eigenvalue weighted by Crippen LogP contribution is -2.49. The second kappa shape index (κ2) is 5.53. The number of piperidine rings is 1. The highest BCUT2D eigenvalue weighted by Gasteiger charge is 2.32. The maximum absolute atomic E-state index is 8.75. The predicted molar refractivity (Wildman–Crippen MR) is 66.7 cm³/mol. The lowest BCUT2D eigenvalue weighted by Gasteiger charge is -2.41. The molecule has 0 spiro atoms. The Labute approximate surface area is 98.5 Å². The molecule has 1 unspecified atom stereocenters. The Hall–Kier alpha value is -0.770. The van der Waals surface area contributed by atoms with Gasteiger partial charge in [0.2, 0.25) is 0 Å². The Balaban J connectivity index is 2.58. The van der Waals surface area contributed by atoms with Crippen molar-refractivity contribution in [1.82, 2.24) is 4.90 Å². The van der Waals surface area contributed by atoms with Gasteiger partial charge in [-0.05, 0) is 37.8 Å². The molecule has 3 N–H and O–H groups in total. The number of nitrogens with two attached hydrogens (primary N) is 1. The Morgan fingerprint density at radius 1 is 1.44 bits per heavy atom. The smallest absolute Gasteiger partial charge is 0.156 e. The van der Waals surface area contributed by atoms with E-state index in [0.717, 1.165) is 19.5 Å². The van der Waals surface area contributed by atoms with Crippen LogP contribution < -0.4 is 5.73 Å². The van der Waals surface area contributed by atoms with Crippen LogP contribution >= 0.6 is 0 Å². The third-order valence-electron chi connectivity index (χ3n) is 4.14. The molecule has 0 amide bonds. The van der Waals surface area contributed by atoms with Gasteiger partial charge < -0.3 is 10.9 Å². The molecule has 0 aromatic carbocycles. The van der Waals surface area contributed by atoms with Crippen molar-refractivity contribution in [1.29, 1.82) is 0 Å². The molecule has 1 fully saturated rings. The molecule has 0 aliphatic carbocycles. The maximum Gasteiger partial charge on any atom is 0.156 e. The van der Waals surface area contributed by atoms with Gasteiger partial charge in [-0.3, -0.25) is 4.90 Å². The monoisotopic (exact) mass is 227 g/mol. The van der Waals surface area contributed by atoms with Gasteiger partial charge in [0.1, 0.15) is 0 Å². The van der Waals surface area contributed by atoms with E-state index in [-0.39, 0.29) is 6.04 Å². The number of nitrogens with zero attached hydrogens (tertiary/aromatic N) is 2. The molecular formula is C12H25N3O. The van der Waals surface area contributed by atoms with Crippen molar-refractivity contribution in [3.63, 3.8) is 0 Å². The van der Waals surface area contributed by atoms with Crippen LogP contribution in [0.3, 0.4) is 0 Å². The van der Waals surface area contributed by atoms with Gasteiger partial charge in [0.25, 0.3) is 0 Å². The van der Waals surface area contributed by atoms with Crippen molar-refractivity contribution >= 4 is 5.84 Å². The SMILES string of the molecule is CCC(C(N)=NO)N1CCC(C)(CC)CC1. The van der Waals surface area contributed by atoms with E-state index in [9.17, 15) is 0 Å². The first-order valence-corrected chi connectivity index (χ1v) is 6.27. The first kappa shape index (κ1) is 13.3. The van der Waals surface area contributed by atoms with Crippen molar-refractivity contribution in [2.24, 2.45) is 16.3 Å². The second-order valence-electron chi connectivity index (χ2n) is 5.15. The molecule has 1 heterocycles. The average molecular weight is 227 g/mol. The fourth-order valence-electron chi connectivity index (χ4n) is 2.45. The molecule has 1 rings (SSSR count). The highest BCUT2D eigenvalue weighted by molar-refractivity contribution is 5.85. The Bertz CT molecular complexity index is 245. The molecule has 94 valence electrons. The number of rotatable bonds is 4. The summed E-state index contributed by atoms with van der Waals surface area (Å²) >= 11 is 0. The highest BCUT2D eigenvalue weighted by atomic mass is 16.4. The van der Waals surface area contributed by atoms with Gasteiger partial charge in [0.05, 0.1) is 6.04 Å². The van der Waals surface area contributed by atoms with Crippen LogP contribution in [0.1, 0.15) is 46.5 Å². The topological polar surface area (TPSA) is 61.9 Å². The van der Waals surface area contributed by atoms with Crippen LogP contribution in [0.5, 0.6) is 0 Å². The third kappa shape index (κ3) is 2.88. The van der Waals surface area contributed by atoms with Crippen LogP contribution in [-0.4, -0.2) is 35.1 Å². The van der Waals surface area contributed by atoms with E-state index in [0.29, 0.717) is 11.3 Å². The van der Waals surface area contributed by atoms with Crippen LogP contribution in [0.2, 0.25) is 0 Å². The van der Waals surface area contributed by atoms with E-state index < -0.39 is 0 Å². The fraction of sp³-hybridized carbons (Fsp3) is 0.917. The van der Waals surface area contributed by atoms with Crippen molar-refractivity contribution < 1.29 is 5.21 Å². The second-order valence-corrected chi connectivity index (χ2v) is 5.15. The number of likely N-dealkylation sites (tertiary alicyclic amines) is 1. The zero-order chi connectivity index (χ0) is 12.2. The van der Waals surface area contributed by atoms with Gasteiger partial charge in [-0.15, -0.1) is 0 Å². The van der Waals surface area contributed by atoms with Crippen LogP contribution in [0, 0.1) is 5.41 Å². The van der Waals surface area contributed by atoms with Crippen LogP contribution in [0.15, 0.2) is 5.16 Å². The van der Waals surface area contributed by atoms with Crippen LogP contribution in [0.4, 0.5) is 0 Å². The zero-order valence-electron chi connectivity index (χ0n) is 10.7. The summed E-state index contributed by atoms with van der Waals surface area (Å²) in [5.74, 6) is 0.350. The van der Waals surface area contributed by atoms with Crippen molar-refractivity contribution in [3.05, 3.63) is 0 Å². The van der Waals surface area contributed by atoms with Gasteiger partial charge >= 0.3 is 0 Å². The van der Waals surface area contributed by atoms with Crippen molar-refractivity contribution in [3.8, 4) is 0 Å². The number of amidine groups is 1. The number of oxime groups is 1. The van der Waals surface area contributed by atoms with E-state index in [1.807, 2.05) is 0 Å². The van der Waals surface area contributed by atoms with Gasteiger partial charge in [-0.25, -0.2) is 0 Å². The molecule has 0 bridgehead atoms. The standard InChI is InChI=1S/C12H25N3O/c1-4-10(11(13)14-16)15-8-6-12(3,5-2)7-9-15/h10,16H,4-9H2,1-3H3,(H2,13,14). The summed E-state index contributed by atoms with van der Waals surface area (Å²) in [5.41, 5.74) is 6.20. The molecule has 16 heavy (non-hydrogen) atoms. The van der Waals surface area contributed by atoms with Crippen molar-refractivity contribution in [2.45, 2.75) is 52.5 Å². The summed E-state index contributed by atoms with van der Waals surface area (Å²) < 4.78 is 0. The lowest BCUT2D eigenvalue weighted by molar-refractivity contribution is 0.0979.